The Bertz CT molecular complexity index is 442. The Hall–Kier alpha value is -1.83. The average Bonchev–Trinajstić information content (AvgIpc) is 2.73. The number of ketones is 1. The van der Waals surface area contributed by atoms with Crippen LogP contribution in [0.25, 0.3) is 0 Å². The summed E-state index contributed by atoms with van der Waals surface area (Å²) in [5, 5.41) is 0. The molecule has 0 radical (unpaired) electrons. The second-order valence-corrected chi connectivity index (χ2v) is 4.51. The first-order valence-corrected chi connectivity index (χ1v) is 6.11. The lowest BCUT2D eigenvalue weighted by atomic mass is 9.73. The Labute approximate surface area is 112 Å². The molecule has 0 N–H and O–H groups in total. The van der Waals surface area contributed by atoms with E-state index in [-0.39, 0.29) is 25.0 Å². The van der Waals surface area contributed by atoms with E-state index in [1.807, 2.05) is 0 Å². The molecule has 1 saturated carbocycles. The topological polar surface area (TPSA) is 69.7 Å². The molecule has 0 aromatic heterocycles. The van der Waals surface area contributed by atoms with E-state index in [9.17, 15) is 14.4 Å². The van der Waals surface area contributed by atoms with Gasteiger partial charge in [0.1, 0.15) is 5.41 Å². The number of carbonyl (C=O) groups excluding carboxylic acids is 3. The van der Waals surface area contributed by atoms with Crippen LogP contribution in [-0.2, 0) is 23.9 Å². The van der Waals surface area contributed by atoms with Crippen LogP contribution in [0.4, 0.5) is 0 Å². The zero-order valence-corrected chi connectivity index (χ0v) is 11.4. The quantitative estimate of drug-likeness (QED) is 0.433. The molecule has 0 amide bonds. The number of hydrogen-bond acceptors (Lipinski definition) is 5. The second kappa shape index (κ2) is 6.37. The van der Waals surface area contributed by atoms with Crippen molar-refractivity contribution in [1.29, 1.82) is 0 Å². The normalized spacial score (nSPS) is 25.4. The highest BCUT2D eigenvalue weighted by atomic mass is 16.5. The molecule has 2 atom stereocenters. The third-order valence-electron chi connectivity index (χ3n) is 3.65. The molecule has 5 heteroatoms. The van der Waals surface area contributed by atoms with E-state index < -0.39 is 23.3 Å². The minimum absolute atomic E-state index is 0.0305. The molecule has 1 rings (SSSR count). The van der Waals surface area contributed by atoms with Crippen molar-refractivity contribution in [2.24, 2.45) is 11.3 Å². The van der Waals surface area contributed by atoms with Crippen molar-refractivity contribution in [2.75, 3.05) is 14.2 Å². The molecule has 1 fully saturated rings. The Morgan fingerprint density at radius 3 is 2.58 bits per heavy atom. The summed E-state index contributed by atoms with van der Waals surface area (Å²) in [6.45, 7) is 1.64. The fourth-order valence-corrected chi connectivity index (χ4v) is 2.57. The summed E-state index contributed by atoms with van der Waals surface area (Å²) in [6, 6.07) is 0. The molecule has 0 aromatic carbocycles. The van der Waals surface area contributed by atoms with Crippen LogP contribution in [0.2, 0.25) is 0 Å². The summed E-state index contributed by atoms with van der Waals surface area (Å²) in [5.41, 5.74) is -1.31. The standard InChI is InChI=1S/C14H18O5/c1-4-5-8-14(13(17)19-3)10(6-7-11(14)15)9-12(16)18-2/h10H,6-9H2,1-3H3. The molecule has 2 unspecified atom stereocenters. The first-order chi connectivity index (χ1) is 9.02. The molecule has 19 heavy (non-hydrogen) atoms. The van der Waals surface area contributed by atoms with Crippen LogP contribution in [0.5, 0.6) is 0 Å². The highest BCUT2D eigenvalue weighted by Gasteiger charge is 2.56. The second-order valence-electron chi connectivity index (χ2n) is 4.51. The molecular weight excluding hydrogens is 248 g/mol. The van der Waals surface area contributed by atoms with E-state index >= 15 is 0 Å². The van der Waals surface area contributed by atoms with E-state index in [1.54, 1.807) is 6.92 Å². The van der Waals surface area contributed by atoms with Gasteiger partial charge in [-0.25, -0.2) is 0 Å². The summed E-state index contributed by atoms with van der Waals surface area (Å²) in [6.07, 6.45) is 0.871. The number of rotatable bonds is 4. The van der Waals surface area contributed by atoms with Crippen LogP contribution in [0.3, 0.4) is 0 Å². The monoisotopic (exact) mass is 266 g/mol. The number of hydrogen-bond donors (Lipinski definition) is 0. The Balaban J connectivity index is 3.12. The van der Waals surface area contributed by atoms with Crippen LogP contribution in [0, 0.1) is 23.2 Å². The maximum Gasteiger partial charge on any atom is 0.320 e. The van der Waals surface area contributed by atoms with E-state index in [1.165, 1.54) is 14.2 Å². The summed E-state index contributed by atoms with van der Waals surface area (Å²) in [7, 11) is 2.52. The van der Waals surface area contributed by atoms with Gasteiger partial charge in [0.2, 0.25) is 0 Å². The average molecular weight is 266 g/mol. The summed E-state index contributed by atoms with van der Waals surface area (Å²) >= 11 is 0. The lowest BCUT2D eigenvalue weighted by molar-refractivity contribution is -0.160. The molecule has 5 nitrogen and oxygen atoms in total. The van der Waals surface area contributed by atoms with Gasteiger partial charge < -0.3 is 9.47 Å². The maximum absolute atomic E-state index is 12.2. The minimum Gasteiger partial charge on any atom is -0.469 e. The first kappa shape index (κ1) is 15.2. The van der Waals surface area contributed by atoms with Crippen molar-refractivity contribution in [3.05, 3.63) is 0 Å². The minimum atomic E-state index is -1.31. The van der Waals surface area contributed by atoms with Gasteiger partial charge in [0.15, 0.2) is 5.78 Å². The van der Waals surface area contributed by atoms with E-state index in [0.29, 0.717) is 6.42 Å². The molecule has 0 saturated heterocycles. The van der Waals surface area contributed by atoms with Crippen molar-refractivity contribution < 1.29 is 23.9 Å². The smallest absolute Gasteiger partial charge is 0.320 e. The SMILES string of the molecule is CC#CCC1(C(=O)OC)C(=O)CCC1CC(=O)OC. The molecule has 0 aromatic rings. The zero-order valence-electron chi connectivity index (χ0n) is 11.4. The molecule has 0 bridgehead atoms. The highest BCUT2D eigenvalue weighted by Crippen LogP contribution is 2.46. The van der Waals surface area contributed by atoms with Crippen LogP contribution >= 0.6 is 0 Å². The first-order valence-electron chi connectivity index (χ1n) is 6.11. The number of ether oxygens (including phenoxy) is 2. The summed E-state index contributed by atoms with van der Waals surface area (Å²) in [4.78, 5) is 35.7. The van der Waals surface area contributed by atoms with Crippen LogP contribution in [0.15, 0.2) is 0 Å². The maximum atomic E-state index is 12.2. The van der Waals surface area contributed by atoms with Gasteiger partial charge in [-0.15, -0.1) is 11.8 Å². The largest absolute Gasteiger partial charge is 0.469 e. The van der Waals surface area contributed by atoms with Crippen molar-refractivity contribution in [2.45, 2.75) is 32.6 Å². The molecule has 104 valence electrons. The molecular formula is C14H18O5. The Morgan fingerprint density at radius 2 is 2.05 bits per heavy atom. The van der Waals surface area contributed by atoms with E-state index in [2.05, 4.69) is 16.6 Å². The lowest BCUT2D eigenvalue weighted by Crippen LogP contribution is -2.42. The van der Waals surface area contributed by atoms with Crippen molar-refractivity contribution in [3.63, 3.8) is 0 Å². The van der Waals surface area contributed by atoms with Crippen LogP contribution < -0.4 is 0 Å². The molecule has 1 aliphatic carbocycles. The molecule has 0 spiro atoms. The van der Waals surface area contributed by atoms with Gasteiger partial charge in [-0.3, -0.25) is 14.4 Å². The lowest BCUT2D eigenvalue weighted by Gasteiger charge is -2.28. The number of Topliss-reactive ketones (excluding diaryl/α,β-unsaturated/α-hetero) is 1. The number of methoxy groups -OCH3 is 2. The van der Waals surface area contributed by atoms with Gasteiger partial charge in [-0.2, -0.15) is 0 Å². The van der Waals surface area contributed by atoms with Gasteiger partial charge in [0.05, 0.1) is 14.2 Å². The zero-order chi connectivity index (χ0) is 14.5. The van der Waals surface area contributed by atoms with Crippen LogP contribution in [0.1, 0.15) is 32.6 Å². The van der Waals surface area contributed by atoms with Crippen molar-refractivity contribution in [3.8, 4) is 11.8 Å². The Kier molecular flexibility index (Phi) is 5.11. The van der Waals surface area contributed by atoms with Gasteiger partial charge >= 0.3 is 11.9 Å². The number of carbonyl (C=O) groups is 3. The van der Waals surface area contributed by atoms with Gasteiger partial charge in [0, 0.05) is 19.3 Å². The fourth-order valence-electron chi connectivity index (χ4n) is 2.57. The third-order valence-corrected chi connectivity index (χ3v) is 3.65. The van der Waals surface area contributed by atoms with E-state index in [4.69, 9.17) is 4.74 Å². The van der Waals surface area contributed by atoms with Crippen LogP contribution in [-0.4, -0.2) is 31.9 Å². The van der Waals surface area contributed by atoms with Gasteiger partial charge in [0.25, 0.3) is 0 Å². The molecule has 0 heterocycles. The van der Waals surface area contributed by atoms with Gasteiger partial charge in [-0.1, -0.05) is 0 Å². The predicted octanol–water partition coefficient (Wildman–Crippen LogP) is 1.10. The van der Waals surface area contributed by atoms with Gasteiger partial charge in [-0.05, 0) is 19.3 Å². The fraction of sp³-hybridized carbons (Fsp3) is 0.643. The predicted molar refractivity (Wildman–Crippen MR) is 66.9 cm³/mol. The van der Waals surface area contributed by atoms with E-state index in [0.717, 1.165) is 0 Å². The third kappa shape index (κ3) is 2.78. The van der Waals surface area contributed by atoms with Crippen molar-refractivity contribution in [1.82, 2.24) is 0 Å². The molecule has 1 aliphatic rings. The van der Waals surface area contributed by atoms with Crippen molar-refractivity contribution >= 4 is 17.7 Å². The number of esters is 2. The highest BCUT2D eigenvalue weighted by molar-refractivity contribution is 6.06. The summed E-state index contributed by atoms with van der Waals surface area (Å²) in [5.74, 6) is 3.82. The summed E-state index contributed by atoms with van der Waals surface area (Å²) < 4.78 is 9.39. The molecule has 0 aliphatic heterocycles. The Morgan fingerprint density at radius 1 is 1.37 bits per heavy atom.